The number of nitrogens with one attached hydrogen (secondary N) is 2. The zero-order chi connectivity index (χ0) is 22.7. The molecule has 3 amide bonds. The molecule has 0 spiro atoms. The highest BCUT2D eigenvalue weighted by Crippen LogP contribution is 2.17. The highest BCUT2D eigenvalue weighted by molar-refractivity contribution is 5.77. The first kappa shape index (κ1) is 24.5. The summed E-state index contributed by atoms with van der Waals surface area (Å²) in [7, 11) is 0. The summed E-state index contributed by atoms with van der Waals surface area (Å²) < 4.78 is 10.7. The van der Waals surface area contributed by atoms with Gasteiger partial charge in [-0.05, 0) is 51.7 Å². The van der Waals surface area contributed by atoms with E-state index in [1.807, 2.05) is 35.2 Å². The smallest absolute Gasteiger partial charge is 0.407 e. The normalized spacial score (nSPS) is 14.6. The van der Waals surface area contributed by atoms with Crippen molar-refractivity contribution in [3.8, 4) is 5.75 Å². The number of benzene rings is 1. The number of ether oxygens (including phenoxy) is 2. The van der Waals surface area contributed by atoms with Gasteiger partial charge in [-0.15, -0.1) is 0 Å². The van der Waals surface area contributed by atoms with Gasteiger partial charge < -0.3 is 25.0 Å². The van der Waals surface area contributed by atoms with Gasteiger partial charge in [0.1, 0.15) is 11.4 Å². The number of nitrogens with zero attached hydrogens (tertiary/aromatic N) is 1. The van der Waals surface area contributed by atoms with Crippen molar-refractivity contribution in [2.24, 2.45) is 5.92 Å². The van der Waals surface area contributed by atoms with Crippen LogP contribution in [-0.2, 0) is 14.3 Å². The molecule has 1 aliphatic heterocycles. The lowest BCUT2D eigenvalue weighted by Gasteiger charge is -2.32. The summed E-state index contributed by atoms with van der Waals surface area (Å²) in [6, 6.07) is 9.47. The summed E-state index contributed by atoms with van der Waals surface area (Å²) in [5.41, 5.74) is -0.558. The third-order valence-corrected chi connectivity index (χ3v) is 4.90. The highest BCUT2D eigenvalue weighted by atomic mass is 16.6. The van der Waals surface area contributed by atoms with Gasteiger partial charge >= 0.3 is 6.09 Å². The van der Waals surface area contributed by atoms with Crippen LogP contribution in [0.3, 0.4) is 0 Å². The van der Waals surface area contributed by atoms with Crippen molar-refractivity contribution in [1.29, 1.82) is 0 Å². The zero-order valence-electron chi connectivity index (χ0n) is 18.8. The van der Waals surface area contributed by atoms with E-state index in [9.17, 15) is 14.4 Å². The Labute approximate surface area is 184 Å². The van der Waals surface area contributed by atoms with Crippen molar-refractivity contribution in [3.05, 3.63) is 30.3 Å². The van der Waals surface area contributed by atoms with Gasteiger partial charge in [-0.2, -0.15) is 0 Å². The molecule has 1 aliphatic rings. The van der Waals surface area contributed by atoms with Crippen molar-refractivity contribution in [2.45, 2.75) is 52.1 Å². The van der Waals surface area contributed by atoms with Crippen LogP contribution in [0.15, 0.2) is 30.3 Å². The van der Waals surface area contributed by atoms with Crippen LogP contribution in [0.25, 0.3) is 0 Å². The Morgan fingerprint density at radius 3 is 2.35 bits per heavy atom. The second-order valence-electron chi connectivity index (χ2n) is 8.72. The standard InChI is InChI=1S/C23H35N3O5/c1-23(2,3)31-22(29)24-13-9-20(27)25-17-18-10-14-26(15-11-18)21(28)12-16-30-19-7-5-4-6-8-19/h4-8,18H,9-17H2,1-3H3,(H,24,29)(H,25,27). The second kappa shape index (κ2) is 12.2. The number of amides is 3. The molecule has 0 radical (unpaired) electrons. The second-order valence-corrected chi connectivity index (χ2v) is 8.72. The fourth-order valence-electron chi connectivity index (χ4n) is 3.26. The number of alkyl carbamates (subject to hydrolysis) is 1. The number of rotatable bonds is 9. The van der Waals surface area contributed by atoms with Crippen LogP contribution in [0.4, 0.5) is 4.79 Å². The molecule has 0 bridgehead atoms. The van der Waals surface area contributed by atoms with Crippen molar-refractivity contribution in [1.82, 2.24) is 15.5 Å². The van der Waals surface area contributed by atoms with Gasteiger partial charge in [0.05, 0.1) is 13.0 Å². The molecule has 1 aromatic carbocycles. The first-order valence-corrected chi connectivity index (χ1v) is 10.9. The summed E-state index contributed by atoms with van der Waals surface area (Å²) >= 11 is 0. The largest absolute Gasteiger partial charge is 0.493 e. The van der Waals surface area contributed by atoms with Crippen LogP contribution >= 0.6 is 0 Å². The van der Waals surface area contributed by atoms with Gasteiger partial charge in [0.15, 0.2) is 0 Å². The van der Waals surface area contributed by atoms with Crippen LogP contribution < -0.4 is 15.4 Å². The lowest BCUT2D eigenvalue weighted by atomic mass is 9.96. The number of carbonyl (C=O) groups is 3. The van der Waals surface area contributed by atoms with Gasteiger partial charge in [-0.1, -0.05) is 18.2 Å². The molecule has 1 saturated heterocycles. The number of hydrogen-bond donors (Lipinski definition) is 2. The topological polar surface area (TPSA) is 97.0 Å². The van der Waals surface area contributed by atoms with Crippen LogP contribution in [0, 0.1) is 5.92 Å². The fourth-order valence-corrected chi connectivity index (χ4v) is 3.26. The van der Waals surface area contributed by atoms with E-state index in [0.717, 1.165) is 18.6 Å². The molecule has 31 heavy (non-hydrogen) atoms. The molecule has 0 unspecified atom stereocenters. The predicted octanol–water partition coefficient (Wildman–Crippen LogP) is 2.73. The van der Waals surface area contributed by atoms with Crippen molar-refractivity contribution < 1.29 is 23.9 Å². The van der Waals surface area contributed by atoms with Crippen LogP contribution in [0.1, 0.15) is 46.5 Å². The summed E-state index contributed by atoms with van der Waals surface area (Å²) in [5.74, 6) is 1.12. The lowest BCUT2D eigenvalue weighted by Crippen LogP contribution is -2.42. The first-order valence-electron chi connectivity index (χ1n) is 10.9. The van der Waals surface area contributed by atoms with E-state index >= 15 is 0 Å². The van der Waals surface area contributed by atoms with Gasteiger partial charge in [0.2, 0.25) is 11.8 Å². The van der Waals surface area contributed by atoms with E-state index in [0.29, 0.717) is 38.6 Å². The third kappa shape index (κ3) is 10.2. The molecule has 1 aromatic rings. The maximum absolute atomic E-state index is 12.4. The zero-order valence-corrected chi connectivity index (χ0v) is 18.8. The van der Waals surface area contributed by atoms with Crippen molar-refractivity contribution >= 4 is 17.9 Å². The molecule has 2 N–H and O–H groups in total. The van der Waals surface area contributed by atoms with Crippen LogP contribution in [-0.4, -0.2) is 61.2 Å². The molecule has 0 aliphatic carbocycles. The molecule has 8 nitrogen and oxygen atoms in total. The van der Waals surface area contributed by atoms with E-state index in [1.54, 1.807) is 20.8 Å². The highest BCUT2D eigenvalue weighted by Gasteiger charge is 2.23. The monoisotopic (exact) mass is 433 g/mol. The maximum Gasteiger partial charge on any atom is 0.407 e. The molecule has 2 rings (SSSR count). The third-order valence-electron chi connectivity index (χ3n) is 4.90. The Kier molecular flexibility index (Phi) is 9.62. The Morgan fingerprint density at radius 2 is 1.71 bits per heavy atom. The van der Waals surface area contributed by atoms with Gasteiger partial charge in [-0.25, -0.2) is 4.79 Å². The number of piperidine rings is 1. The number of hydrogen-bond acceptors (Lipinski definition) is 5. The van der Waals surface area contributed by atoms with Crippen LogP contribution in [0.2, 0.25) is 0 Å². The lowest BCUT2D eigenvalue weighted by molar-refractivity contribution is -0.133. The van der Waals surface area contributed by atoms with E-state index in [4.69, 9.17) is 9.47 Å². The molecule has 1 fully saturated rings. The quantitative estimate of drug-likeness (QED) is 0.624. The molecular weight excluding hydrogens is 398 g/mol. The van der Waals surface area contributed by atoms with Gasteiger partial charge in [-0.3, -0.25) is 9.59 Å². The Hall–Kier alpha value is -2.77. The summed E-state index contributed by atoms with van der Waals surface area (Å²) in [6.07, 6.45) is 1.77. The number of likely N-dealkylation sites (tertiary alicyclic amines) is 1. The Bertz CT molecular complexity index is 710. The Morgan fingerprint density at radius 1 is 1.03 bits per heavy atom. The molecule has 1 heterocycles. The minimum absolute atomic E-state index is 0.103. The molecule has 0 aromatic heterocycles. The first-order chi connectivity index (χ1) is 14.7. The van der Waals surface area contributed by atoms with Crippen LogP contribution in [0.5, 0.6) is 5.75 Å². The average molecular weight is 434 g/mol. The van der Waals surface area contributed by atoms with Gasteiger partial charge in [0, 0.05) is 32.6 Å². The Balaban J connectivity index is 1.54. The predicted molar refractivity (Wildman–Crippen MR) is 118 cm³/mol. The van der Waals surface area contributed by atoms with Crippen molar-refractivity contribution in [3.63, 3.8) is 0 Å². The number of para-hydroxylation sites is 1. The van der Waals surface area contributed by atoms with E-state index in [2.05, 4.69) is 10.6 Å². The van der Waals surface area contributed by atoms with E-state index in [1.165, 1.54) is 0 Å². The van der Waals surface area contributed by atoms with Crippen molar-refractivity contribution in [2.75, 3.05) is 32.8 Å². The summed E-state index contributed by atoms with van der Waals surface area (Å²) in [6.45, 7) is 7.96. The summed E-state index contributed by atoms with van der Waals surface area (Å²) in [4.78, 5) is 37.8. The van der Waals surface area contributed by atoms with Gasteiger partial charge in [0.25, 0.3) is 0 Å². The summed E-state index contributed by atoms with van der Waals surface area (Å²) in [5, 5.41) is 5.49. The van der Waals surface area contributed by atoms with E-state index < -0.39 is 11.7 Å². The average Bonchev–Trinajstić information content (AvgIpc) is 2.72. The molecule has 172 valence electrons. The maximum atomic E-state index is 12.4. The SMILES string of the molecule is CC(C)(C)OC(=O)NCCC(=O)NCC1CCN(C(=O)CCOc2ccccc2)CC1. The minimum Gasteiger partial charge on any atom is -0.493 e. The minimum atomic E-state index is -0.558. The molecular formula is C23H35N3O5. The molecule has 0 atom stereocenters. The molecule has 0 saturated carbocycles. The number of carbonyl (C=O) groups excluding carboxylic acids is 3. The van der Waals surface area contributed by atoms with E-state index in [-0.39, 0.29) is 24.8 Å². The fraction of sp³-hybridized carbons (Fsp3) is 0.609. The molecule has 8 heteroatoms.